The molecule has 1 atom stereocenters. The van der Waals surface area contributed by atoms with Gasteiger partial charge in [-0.1, -0.05) is 5.16 Å². The molecule has 4 heterocycles. The summed E-state index contributed by atoms with van der Waals surface area (Å²) in [6.07, 6.45) is 2.38. The first-order chi connectivity index (χ1) is 11.2. The SMILES string of the molecule is Cc1ncsc1C(=O)N1CC[C@@H](c2noc(-c3ccco3)n2)C1. The molecule has 23 heavy (non-hydrogen) atoms. The molecule has 1 aliphatic rings. The van der Waals surface area contributed by atoms with Crippen LogP contribution in [0.15, 0.2) is 32.8 Å². The molecule has 0 aliphatic carbocycles. The first kappa shape index (κ1) is 14.1. The van der Waals surface area contributed by atoms with Crippen LogP contribution in [0.25, 0.3) is 11.7 Å². The van der Waals surface area contributed by atoms with Crippen molar-refractivity contribution < 1.29 is 13.7 Å². The summed E-state index contributed by atoms with van der Waals surface area (Å²) in [4.78, 5) is 23.6. The maximum atomic E-state index is 12.5. The Morgan fingerprint density at radius 2 is 2.39 bits per heavy atom. The number of aryl methyl sites for hydroxylation is 1. The van der Waals surface area contributed by atoms with E-state index in [-0.39, 0.29) is 11.8 Å². The fraction of sp³-hybridized carbons (Fsp3) is 0.333. The van der Waals surface area contributed by atoms with Gasteiger partial charge < -0.3 is 13.8 Å². The zero-order valence-electron chi connectivity index (χ0n) is 12.4. The van der Waals surface area contributed by atoms with Crippen LogP contribution in [-0.2, 0) is 0 Å². The fourth-order valence-corrected chi connectivity index (χ4v) is 3.48. The molecule has 0 unspecified atom stereocenters. The van der Waals surface area contributed by atoms with E-state index in [0.717, 1.165) is 12.1 Å². The number of carbonyl (C=O) groups excluding carboxylic acids is 1. The number of likely N-dealkylation sites (tertiary alicyclic amines) is 1. The Hall–Kier alpha value is -2.48. The van der Waals surface area contributed by atoms with Crippen molar-refractivity contribution in [2.75, 3.05) is 13.1 Å². The van der Waals surface area contributed by atoms with Crippen molar-refractivity contribution in [2.24, 2.45) is 0 Å². The van der Waals surface area contributed by atoms with Gasteiger partial charge in [0, 0.05) is 19.0 Å². The van der Waals surface area contributed by atoms with Crippen LogP contribution in [0.5, 0.6) is 0 Å². The molecular formula is C15H14N4O3S. The van der Waals surface area contributed by atoms with Gasteiger partial charge in [0.15, 0.2) is 11.6 Å². The first-order valence-electron chi connectivity index (χ1n) is 7.29. The average Bonchev–Trinajstić information content (AvgIpc) is 3.31. The van der Waals surface area contributed by atoms with Gasteiger partial charge in [0.2, 0.25) is 0 Å². The Bertz CT molecular complexity index is 824. The molecule has 3 aromatic rings. The number of carbonyl (C=O) groups is 1. The van der Waals surface area contributed by atoms with Crippen LogP contribution in [0.4, 0.5) is 0 Å². The number of amides is 1. The highest BCUT2D eigenvalue weighted by molar-refractivity contribution is 7.11. The highest BCUT2D eigenvalue weighted by Crippen LogP contribution is 2.29. The van der Waals surface area contributed by atoms with Crippen LogP contribution in [0, 0.1) is 6.92 Å². The molecule has 8 heteroatoms. The zero-order chi connectivity index (χ0) is 15.8. The number of aromatic nitrogens is 3. The summed E-state index contributed by atoms with van der Waals surface area (Å²) in [5.41, 5.74) is 2.48. The molecule has 7 nitrogen and oxygen atoms in total. The van der Waals surface area contributed by atoms with Gasteiger partial charge in [0.05, 0.1) is 17.5 Å². The van der Waals surface area contributed by atoms with Crippen LogP contribution in [-0.4, -0.2) is 39.0 Å². The lowest BCUT2D eigenvalue weighted by atomic mass is 10.1. The summed E-state index contributed by atoms with van der Waals surface area (Å²) in [7, 11) is 0. The third-order valence-electron chi connectivity index (χ3n) is 3.95. The summed E-state index contributed by atoms with van der Waals surface area (Å²) in [5, 5.41) is 4.03. The molecule has 1 fully saturated rings. The van der Waals surface area contributed by atoms with Crippen molar-refractivity contribution in [1.29, 1.82) is 0 Å². The van der Waals surface area contributed by atoms with E-state index < -0.39 is 0 Å². The van der Waals surface area contributed by atoms with E-state index in [1.54, 1.807) is 23.9 Å². The number of thiazole rings is 1. The van der Waals surface area contributed by atoms with E-state index in [9.17, 15) is 4.79 Å². The van der Waals surface area contributed by atoms with E-state index >= 15 is 0 Å². The molecule has 0 aromatic carbocycles. The van der Waals surface area contributed by atoms with Gasteiger partial charge in [-0.05, 0) is 25.5 Å². The summed E-state index contributed by atoms with van der Waals surface area (Å²) < 4.78 is 10.5. The van der Waals surface area contributed by atoms with Gasteiger partial charge in [-0.3, -0.25) is 4.79 Å². The predicted molar refractivity (Wildman–Crippen MR) is 82.1 cm³/mol. The highest BCUT2D eigenvalue weighted by atomic mass is 32.1. The third-order valence-corrected chi connectivity index (χ3v) is 4.87. The van der Waals surface area contributed by atoms with Gasteiger partial charge in [-0.15, -0.1) is 11.3 Å². The van der Waals surface area contributed by atoms with Crippen molar-refractivity contribution in [3.05, 3.63) is 40.3 Å². The molecule has 0 saturated carbocycles. The molecule has 0 spiro atoms. The Morgan fingerprint density at radius 3 is 3.13 bits per heavy atom. The Balaban J connectivity index is 1.48. The van der Waals surface area contributed by atoms with Crippen molar-refractivity contribution in [3.63, 3.8) is 0 Å². The van der Waals surface area contributed by atoms with Crippen molar-refractivity contribution in [2.45, 2.75) is 19.3 Å². The second-order valence-electron chi connectivity index (χ2n) is 5.44. The first-order valence-corrected chi connectivity index (χ1v) is 8.17. The third kappa shape index (κ3) is 2.55. The summed E-state index contributed by atoms with van der Waals surface area (Å²) in [5.74, 6) is 1.65. The monoisotopic (exact) mass is 330 g/mol. The lowest BCUT2D eigenvalue weighted by molar-refractivity contribution is 0.0794. The molecule has 1 aliphatic heterocycles. The molecule has 3 aromatic heterocycles. The van der Waals surface area contributed by atoms with E-state index in [4.69, 9.17) is 8.94 Å². The molecule has 0 radical (unpaired) electrons. The van der Waals surface area contributed by atoms with Gasteiger partial charge in [-0.25, -0.2) is 4.98 Å². The normalized spacial score (nSPS) is 17.8. The molecule has 118 valence electrons. The lowest BCUT2D eigenvalue weighted by Crippen LogP contribution is -2.28. The Kier molecular flexibility index (Phi) is 3.45. The second kappa shape index (κ2) is 5.62. The Labute approximate surface area is 135 Å². The number of rotatable bonds is 3. The van der Waals surface area contributed by atoms with Crippen molar-refractivity contribution in [1.82, 2.24) is 20.0 Å². The topological polar surface area (TPSA) is 85.3 Å². The minimum Gasteiger partial charge on any atom is -0.459 e. The summed E-state index contributed by atoms with van der Waals surface area (Å²) in [6, 6.07) is 3.54. The number of hydrogen-bond acceptors (Lipinski definition) is 7. The van der Waals surface area contributed by atoms with E-state index in [1.165, 1.54) is 11.3 Å². The minimum atomic E-state index is 0.0299. The van der Waals surface area contributed by atoms with Crippen molar-refractivity contribution >= 4 is 17.2 Å². The average molecular weight is 330 g/mol. The zero-order valence-corrected chi connectivity index (χ0v) is 13.2. The fourth-order valence-electron chi connectivity index (χ4n) is 2.71. The quantitative estimate of drug-likeness (QED) is 0.734. The maximum Gasteiger partial charge on any atom is 0.293 e. The molecule has 1 saturated heterocycles. The number of hydrogen-bond donors (Lipinski definition) is 0. The number of nitrogens with zero attached hydrogens (tertiary/aromatic N) is 4. The smallest absolute Gasteiger partial charge is 0.293 e. The minimum absolute atomic E-state index is 0.0299. The van der Waals surface area contributed by atoms with Crippen LogP contribution < -0.4 is 0 Å². The predicted octanol–water partition coefficient (Wildman–Crippen LogP) is 2.72. The van der Waals surface area contributed by atoms with E-state index in [1.807, 2.05) is 11.8 Å². The van der Waals surface area contributed by atoms with E-state index in [0.29, 0.717) is 35.4 Å². The lowest BCUT2D eigenvalue weighted by Gasteiger charge is -2.14. The summed E-state index contributed by atoms with van der Waals surface area (Å²) >= 11 is 1.38. The van der Waals surface area contributed by atoms with Gasteiger partial charge in [0.1, 0.15) is 4.88 Å². The summed E-state index contributed by atoms with van der Waals surface area (Å²) in [6.45, 7) is 3.13. The van der Waals surface area contributed by atoms with Gasteiger partial charge in [0.25, 0.3) is 11.8 Å². The molecular weight excluding hydrogens is 316 g/mol. The standard InChI is InChI=1S/C15H14N4O3S/c1-9-12(23-8-16-9)15(20)19-5-4-10(7-19)13-17-14(22-18-13)11-3-2-6-21-11/h2-3,6,8,10H,4-5,7H2,1H3/t10-/m1/s1. The molecule has 0 bridgehead atoms. The van der Waals surface area contributed by atoms with Crippen LogP contribution in [0.1, 0.15) is 33.5 Å². The van der Waals surface area contributed by atoms with Gasteiger partial charge in [-0.2, -0.15) is 4.98 Å². The second-order valence-corrected chi connectivity index (χ2v) is 6.29. The van der Waals surface area contributed by atoms with Gasteiger partial charge >= 0.3 is 0 Å². The Morgan fingerprint density at radius 1 is 1.48 bits per heavy atom. The molecule has 0 N–H and O–H groups in total. The van der Waals surface area contributed by atoms with Crippen LogP contribution in [0.2, 0.25) is 0 Å². The van der Waals surface area contributed by atoms with E-state index in [2.05, 4.69) is 15.1 Å². The van der Waals surface area contributed by atoms with Crippen LogP contribution >= 0.6 is 11.3 Å². The molecule has 1 amide bonds. The largest absolute Gasteiger partial charge is 0.459 e. The number of furan rings is 1. The van der Waals surface area contributed by atoms with Crippen LogP contribution in [0.3, 0.4) is 0 Å². The maximum absolute atomic E-state index is 12.5. The highest BCUT2D eigenvalue weighted by Gasteiger charge is 2.32. The molecule has 4 rings (SSSR count). The van der Waals surface area contributed by atoms with Crippen molar-refractivity contribution in [3.8, 4) is 11.7 Å².